The number of nitrogens with zero attached hydrogens (tertiary/aromatic N) is 2. The molecule has 0 atom stereocenters. The van der Waals surface area contributed by atoms with Gasteiger partial charge in [0.25, 0.3) is 0 Å². The van der Waals surface area contributed by atoms with Gasteiger partial charge in [-0.15, -0.1) is 0 Å². The lowest BCUT2D eigenvalue weighted by atomic mass is 10.2. The summed E-state index contributed by atoms with van der Waals surface area (Å²) in [7, 11) is 0. The van der Waals surface area contributed by atoms with E-state index in [1.54, 1.807) is 24.7 Å². The molecule has 0 aliphatic rings. The van der Waals surface area contributed by atoms with Gasteiger partial charge in [0.05, 0.1) is 6.42 Å². The monoisotopic (exact) mass is 227 g/mol. The van der Waals surface area contributed by atoms with Crippen LogP contribution in [-0.2, 0) is 11.2 Å². The standard InChI is InChI=1S/C13H13N3O/c1-10-2-3-12(15-9-10)16-13(17)8-11-4-6-14-7-5-11/h2-7,9H,8H2,1H3,(H,15,16,17). The fourth-order valence-corrected chi connectivity index (χ4v) is 1.41. The Labute approximate surface area is 99.7 Å². The number of hydrogen-bond acceptors (Lipinski definition) is 3. The van der Waals surface area contributed by atoms with Crippen LogP contribution in [0.3, 0.4) is 0 Å². The molecule has 0 aromatic carbocycles. The predicted octanol–water partition coefficient (Wildman–Crippen LogP) is 1.97. The van der Waals surface area contributed by atoms with Crippen LogP contribution in [-0.4, -0.2) is 15.9 Å². The van der Waals surface area contributed by atoms with E-state index in [1.165, 1.54) is 0 Å². The zero-order valence-corrected chi connectivity index (χ0v) is 9.55. The second kappa shape index (κ2) is 5.21. The highest BCUT2D eigenvalue weighted by Gasteiger charge is 2.04. The number of aryl methyl sites for hydroxylation is 1. The normalized spacial score (nSPS) is 9.94. The van der Waals surface area contributed by atoms with E-state index in [9.17, 15) is 4.79 Å². The molecule has 4 heteroatoms. The van der Waals surface area contributed by atoms with Crippen molar-refractivity contribution in [2.75, 3.05) is 5.32 Å². The number of hydrogen-bond donors (Lipinski definition) is 1. The Morgan fingerprint density at radius 1 is 1.24 bits per heavy atom. The molecule has 0 unspecified atom stereocenters. The van der Waals surface area contributed by atoms with Crippen molar-refractivity contribution < 1.29 is 4.79 Å². The van der Waals surface area contributed by atoms with Gasteiger partial charge in [0.1, 0.15) is 5.82 Å². The molecule has 1 N–H and O–H groups in total. The number of nitrogens with one attached hydrogen (secondary N) is 1. The largest absolute Gasteiger partial charge is 0.310 e. The first-order valence-corrected chi connectivity index (χ1v) is 5.35. The Balaban J connectivity index is 1.96. The first kappa shape index (κ1) is 11.3. The summed E-state index contributed by atoms with van der Waals surface area (Å²) >= 11 is 0. The van der Waals surface area contributed by atoms with Gasteiger partial charge in [-0.1, -0.05) is 6.07 Å². The summed E-state index contributed by atoms with van der Waals surface area (Å²) in [5.41, 5.74) is 2.00. The lowest BCUT2D eigenvalue weighted by Gasteiger charge is -2.04. The zero-order valence-electron chi connectivity index (χ0n) is 9.55. The van der Waals surface area contributed by atoms with Gasteiger partial charge in [0, 0.05) is 18.6 Å². The molecule has 0 bridgehead atoms. The predicted molar refractivity (Wildman–Crippen MR) is 65.5 cm³/mol. The molecule has 2 aromatic rings. The molecule has 2 heterocycles. The van der Waals surface area contributed by atoms with E-state index in [-0.39, 0.29) is 5.91 Å². The second-order valence-electron chi connectivity index (χ2n) is 3.80. The van der Waals surface area contributed by atoms with Crippen LogP contribution in [0, 0.1) is 6.92 Å². The van der Waals surface area contributed by atoms with Crippen LogP contribution < -0.4 is 5.32 Å². The van der Waals surface area contributed by atoms with Gasteiger partial charge in [-0.3, -0.25) is 9.78 Å². The Morgan fingerprint density at radius 3 is 2.65 bits per heavy atom. The van der Waals surface area contributed by atoms with E-state index in [0.29, 0.717) is 12.2 Å². The van der Waals surface area contributed by atoms with Gasteiger partial charge < -0.3 is 5.32 Å². The molecule has 0 fully saturated rings. The molecule has 0 radical (unpaired) electrons. The number of rotatable bonds is 3. The van der Waals surface area contributed by atoms with Gasteiger partial charge in [-0.05, 0) is 36.2 Å². The molecule has 0 aliphatic carbocycles. The number of carbonyl (C=O) groups excluding carboxylic acids is 1. The molecule has 2 rings (SSSR count). The molecule has 17 heavy (non-hydrogen) atoms. The van der Waals surface area contributed by atoms with Gasteiger partial charge in [-0.25, -0.2) is 4.98 Å². The summed E-state index contributed by atoms with van der Waals surface area (Å²) in [6.45, 7) is 1.95. The smallest absolute Gasteiger partial charge is 0.229 e. The average molecular weight is 227 g/mol. The Morgan fingerprint density at radius 2 is 2.00 bits per heavy atom. The molecule has 0 saturated carbocycles. The highest BCUT2D eigenvalue weighted by atomic mass is 16.1. The van der Waals surface area contributed by atoms with Crippen molar-refractivity contribution in [3.63, 3.8) is 0 Å². The van der Waals surface area contributed by atoms with E-state index >= 15 is 0 Å². The van der Waals surface area contributed by atoms with E-state index in [0.717, 1.165) is 11.1 Å². The van der Waals surface area contributed by atoms with Crippen molar-refractivity contribution >= 4 is 11.7 Å². The lowest BCUT2D eigenvalue weighted by Crippen LogP contribution is -2.15. The number of pyridine rings is 2. The number of carbonyl (C=O) groups is 1. The van der Waals surface area contributed by atoms with Crippen LogP contribution in [0.2, 0.25) is 0 Å². The summed E-state index contributed by atoms with van der Waals surface area (Å²) in [5, 5.41) is 2.75. The molecule has 0 aliphatic heterocycles. The minimum absolute atomic E-state index is 0.0763. The molecular weight excluding hydrogens is 214 g/mol. The number of amides is 1. The highest BCUT2D eigenvalue weighted by Crippen LogP contribution is 2.05. The lowest BCUT2D eigenvalue weighted by molar-refractivity contribution is -0.115. The third-order valence-corrected chi connectivity index (χ3v) is 2.29. The van der Waals surface area contributed by atoms with Crippen LogP contribution in [0.1, 0.15) is 11.1 Å². The van der Waals surface area contributed by atoms with Crippen molar-refractivity contribution in [3.8, 4) is 0 Å². The number of aromatic nitrogens is 2. The van der Waals surface area contributed by atoms with Crippen LogP contribution in [0.15, 0.2) is 42.9 Å². The first-order chi connectivity index (χ1) is 8.24. The van der Waals surface area contributed by atoms with E-state index in [1.807, 2.05) is 25.1 Å². The van der Waals surface area contributed by atoms with Gasteiger partial charge in [0.15, 0.2) is 0 Å². The Hall–Kier alpha value is -2.23. The zero-order chi connectivity index (χ0) is 12.1. The molecule has 4 nitrogen and oxygen atoms in total. The molecule has 0 spiro atoms. The maximum atomic E-state index is 11.7. The topological polar surface area (TPSA) is 54.9 Å². The van der Waals surface area contributed by atoms with Gasteiger partial charge in [0.2, 0.25) is 5.91 Å². The van der Waals surface area contributed by atoms with Crippen molar-refractivity contribution in [2.45, 2.75) is 13.3 Å². The summed E-state index contributed by atoms with van der Waals surface area (Å²) in [4.78, 5) is 19.7. The highest BCUT2D eigenvalue weighted by molar-refractivity contribution is 5.91. The average Bonchev–Trinajstić information content (AvgIpc) is 2.33. The summed E-state index contributed by atoms with van der Waals surface area (Å²) in [6, 6.07) is 7.35. The Bertz CT molecular complexity index is 494. The quantitative estimate of drug-likeness (QED) is 0.872. The molecule has 0 saturated heterocycles. The van der Waals surface area contributed by atoms with E-state index in [4.69, 9.17) is 0 Å². The Kier molecular flexibility index (Phi) is 3.45. The van der Waals surface area contributed by atoms with Gasteiger partial charge in [-0.2, -0.15) is 0 Å². The van der Waals surface area contributed by atoms with Crippen LogP contribution >= 0.6 is 0 Å². The summed E-state index contributed by atoms with van der Waals surface area (Å²) in [5.74, 6) is 0.502. The first-order valence-electron chi connectivity index (χ1n) is 5.35. The maximum Gasteiger partial charge on any atom is 0.229 e. The van der Waals surface area contributed by atoms with Crippen LogP contribution in [0.25, 0.3) is 0 Å². The van der Waals surface area contributed by atoms with Crippen LogP contribution in [0.4, 0.5) is 5.82 Å². The molecule has 1 amide bonds. The fourth-order valence-electron chi connectivity index (χ4n) is 1.41. The molecular formula is C13H13N3O. The molecule has 2 aromatic heterocycles. The van der Waals surface area contributed by atoms with Crippen molar-refractivity contribution in [1.29, 1.82) is 0 Å². The maximum absolute atomic E-state index is 11.7. The third-order valence-electron chi connectivity index (χ3n) is 2.29. The number of anilines is 1. The van der Waals surface area contributed by atoms with Gasteiger partial charge >= 0.3 is 0 Å². The minimum atomic E-state index is -0.0763. The van der Waals surface area contributed by atoms with E-state index in [2.05, 4.69) is 15.3 Å². The van der Waals surface area contributed by atoms with E-state index < -0.39 is 0 Å². The third kappa shape index (κ3) is 3.38. The minimum Gasteiger partial charge on any atom is -0.310 e. The van der Waals surface area contributed by atoms with Crippen molar-refractivity contribution in [2.24, 2.45) is 0 Å². The second-order valence-corrected chi connectivity index (χ2v) is 3.80. The summed E-state index contributed by atoms with van der Waals surface area (Å²) < 4.78 is 0. The summed E-state index contributed by atoms with van der Waals surface area (Å²) in [6.07, 6.45) is 5.40. The fraction of sp³-hybridized carbons (Fsp3) is 0.154. The van der Waals surface area contributed by atoms with Crippen molar-refractivity contribution in [3.05, 3.63) is 54.0 Å². The SMILES string of the molecule is Cc1ccc(NC(=O)Cc2ccncc2)nc1. The van der Waals surface area contributed by atoms with Crippen LogP contribution in [0.5, 0.6) is 0 Å². The molecule has 86 valence electrons. The van der Waals surface area contributed by atoms with Crippen molar-refractivity contribution in [1.82, 2.24) is 9.97 Å².